The maximum Gasteiger partial charge on any atom is 0.422 e. The normalized spacial score (nSPS) is 12.0. The molecule has 0 atom stereocenters. The van der Waals surface area contributed by atoms with Crippen LogP contribution >= 0.6 is 0 Å². The number of alkyl halides is 3. The van der Waals surface area contributed by atoms with Crippen LogP contribution < -0.4 is 15.4 Å². The van der Waals surface area contributed by atoms with Crippen molar-refractivity contribution < 1.29 is 22.3 Å². The molecule has 0 unspecified atom stereocenters. The van der Waals surface area contributed by atoms with Crippen molar-refractivity contribution in [2.75, 3.05) is 20.2 Å². The molecule has 1 aromatic carbocycles. The molecule has 0 fully saturated rings. The Bertz CT molecular complexity index is 809. The van der Waals surface area contributed by atoms with E-state index in [9.17, 15) is 17.6 Å². The van der Waals surface area contributed by atoms with Gasteiger partial charge in [-0.1, -0.05) is 6.07 Å². The number of hydrogen-bond donors (Lipinski definition) is 2. The maximum atomic E-state index is 13.1. The summed E-state index contributed by atoms with van der Waals surface area (Å²) in [5.41, 5.74) is 2.61. The van der Waals surface area contributed by atoms with E-state index < -0.39 is 12.8 Å². The minimum atomic E-state index is -4.41. The fraction of sp³-hybridized carbons (Fsp3) is 0.368. The Hall–Kier alpha value is -2.84. The van der Waals surface area contributed by atoms with Gasteiger partial charge in [0.05, 0.1) is 0 Å². The van der Waals surface area contributed by atoms with Crippen molar-refractivity contribution >= 4 is 5.96 Å². The second kappa shape index (κ2) is 9.91. The van der Waals surface area contributed by atoms with Gasteiger partial charge in [-0.15, -0.1) is 0 Å². The highest BCUT2D eigenvalue weighted by Crippen LogP contribution is 2.17. The van der Waals surface area contributed by atoms with Crippen molar-refractivity contribution in [2.24, 2.45) is 4.99 Å². The van der Waals surface area contributed by atoms with E-state index in [0.29, 0.717) is 31.0 Å². The van der Waals surface area contributed by atoms with Gasteiger partial charge in [0.15, 0.2) is 12.6 Å². The van der Waals surface area contributed by atoms with Crippen LogP contribution in [0.15, 0.2) is 41.5 Å². The van der Waals surface area contributed by atoms with Crippen LogP contribution in [0.3, 0.4) is 0 Å². The number of aryl methyl sites for hydroxylation is 1. The van der Waals surface area contributed by atoms with Crippen LogP contribution in [0.2, 0.25) is 0 Å². The zero-order valence-corrected chi connectivity index (χ0v) is 15.6. The molecule has 0 saturated carbocycles. The zero-order chi connectivity index (χ0) is 20.6. The summed E-state index contributed by atoms with van der Waals surface area (Å²) in [5, 5.41) is 6.21. The zero-order valence-electron chi connectivity index (χ0n) is 15.6. The smallest absolute Gasteiger partial charge is 0.422 e. The molecule has 28 heavy (non-hydrogen) atoms. The van der Waals surface area contributed by atoms with Gasteiger partial charge in [0.2, 0.25) is 5.88 Å². The van der Waals surface area contributed by atoms with E-state index in [2.05, 4.69) is 25.3 Å². The number of halogens is 4. The number of rotatable bonds is 7. The van der Waals surface area contributed by atoms with Crippen molar-refractivity contribution in [3.8, 4) is 5.88 Å². The highest BCUT2D eigenvalue weighted by molar-refractivity contribution is 5.79. The first-order valence-corrected chi connectivity index (χ1v) is 8.61. The average Bonchev–Trinajstić information content (AvgIpc) is 2.64. The molecule has 0 saturated heterocycles. The summed E-state index contributed by atoms with van der Waals surface area (Å²) >= 11 is 0. The fourth-order valence-electron chi connectivity index (χ4n) is 2.46. The second-order valence-corrected chi connectivity index (χ2v) is 6.08. The SMILES string of the molecule is CN=C(NCCc1ccc(F)cc1C)NCc1ccnc(OCC(F)(F)F)c1. The quantitative estimate of drug-likeness (QED) is 0.427. The van der Waals surface area contributed by atoms with Crippen LogP contribution in [0.25, 0.3) is 0 Å². The number of hydrogen-bond acceptors (Lipinski definition) is 3. The van der Waals surface area contributed by atoms with Gasteiger partial charge in [-0.3, -0.25) is 4.99 Å². The summed E-state index contributed by atoms with van der Waals surface area (Å²) in [6, 6.07) is 7.78. The molecule has 0 aliphatic rings. The monoisotopic (exact) mass is 398 g/mol. The van der Waals surface area contributed by atoms with E-state index in [1.54, 1.807) is 19.2 Å². The molecular formula is C19H22F4N4O. The summed E-state index contributed by atoms with van der Waals surface area (Å²) < 4.78 is 54.4. The lowest BCUT2D eigenvalue weighted by Crippen LogP contribution is -2.37. The van der Waals surface area contributed by atoms with Crippen molar-refractivity contribution in [3.63, 3.8) is 0 Å². The van der Waals surface area contributed by atoms with E-state index >= 15 is 0 Å². The molecule has 0 aliphatic heterocycles. The molecule has 2 N–H and O–H groups in total. The minimum absolute atomic E-state index is 0.0913. The van der Waals surface area contributed by atoms with Gasteiger partial charge in [0.1, 0.15) is 5.82 Å². The van der Waals surface area contributed by atoms with Crippen molar-refractivity contribution in [3.05, 3.63) is 59.0 Å². The third-order valence-corrected chi connectivity index (χ3v) is 3.86. The van der Waals surface area contributed by atoms with Crippen LogP contribution in [0, 0.1) is 12.7 Å². The lowest BCUT2D eigenvalue weighted by molar-refractivity contribution is -0.154. The first-order valence-electron chi connectivity index (χ1n) is 8.61. The van der Waals surface area contributed by atoms with Crippen LogP contribution in [-0.2, 0) is 13.0 Å². The van der Waals surface area contributed by atoms with Gasteiger partial charge >= 0.3 is 6.18 Å². The Labute approximate surface area is 160 Å². The molecule has 1 aromatic heterocycles. The molecular weight excluding hydrogens is 376 g/mol. The largest absolute Gasteiger partial charge is 0.468 e. The summed E-state index contributed by atoms with van der Waals surface area (Å²) in [7, 11) is 1.61. The van der Waals surface area contributed by atoms with Gasteiger partial charge in [0, 0.05) is 32.4 Å². The van der Waals surface area contributed by atoms with Crippen LogP contribution in [-0.4, -0.2) is 37.3 Å². The Morgan fingerprint density at radius 2 is 1.96 bits per heavy atom. The number of benzene rings is 1. The summed E-state index contributed by atoms with van der Waals surface area (Å²) in [6.45, 7) is 1.39. The number of aromatic nitrogens is 1. The molecule has 5 nitrogen and oxygen atoms in total. The highest BCUT2D eigenvalue weighted by Gasteiger charge is 2.28. The molecule has 0 spiro atoms. The molecule has 152 valence electrons. The topological polar surface area (TPSA) is 58.5 Å². The number of pyridine rings is 1. The Morgan fingerprint density at radius 3 is 2.64 bits per heavy atom. The summed E-state index contributed by atoms with van der Waals surface area (Å²) in [5.74, 6) is 0.184. The van der Waals surface area contributed by atoms with E-state index in [-0.39, 0.29) is 11.7 Å². The third-order valence-electron chi connectivity index (χ3n) is 3.86. The average molecular weight is 398 g/mol. The molecule has 0 bridgehead atoms. The van der Waals surface area contributed by atoms with E-state index in [1.807, 2.05) is 6.92 Å². The molecule has 9 heteroatoms. The predicted octanol–water partition coefficient (Wildman–Crippen LogP) is 3.38. The molecule has 2 rings (SSSR count). The Kier molecular flexibility index (Phi) is 7.60. The van der Waals surface area contributed by atoms with Gasteiger partial charge in [0.25, 0.3) is 0 Å². The first-order chi connectivity index (χ1) is 13.3. The molecule has 2 aromatic rings. The van der Waals surface area contributed by atoms with Crippen LogP contribution in [0.4, 0.5) is 17.6 Å². The van der Waals surface area contributed by atoms with E-state index in [0.717, 1.165) is 11.1 Å². The third kappa shape index (κ3) is 7.42. The highest BCUT2D eigenvalue weighted by atomic mass is 19.4. The second-order valence-electron chi connectivity index (χ2n) is 6.08. The van der Waals surface area contributed by atoms with Crippen molar-refractivity contribution in [2.45, 2.75) is 26.1 Å². The van der Waals surface area contributed by atoms with Gasteiger partial charge in [-0.05, 0) is 48.2 Å². The van der Waals surface area contributed by atoms with Crippen LogP contribution in [0.1, 0.15) is 16.7 Å². The lowest BCUT2D eigenvalue weighted by atomic mass is 10.1. The number of nitrogens with zero attached hydrogens (tertiary/aromatic N) is 2. The maximum absolute atomic E-state index is 13.1. The Morgan fingerprint density at radius 1 is 1.18 bits per heavy atom. The van der Waals surface area contributed by atoms with Crippen molar-refractivity contribution in [1.82, 2.24) is 15.6 Å². The minimum Gasteiger partial charge on any atom is -0.468 e. The predicted molar refractivity (Wildman–Crippen MR) is 98.8 cm³/mol. The number of guanidine groups is 1. The number of ether oxygens (including phenoxy) is 1. The first kappa shape index (κ1) is 21.5. The lowest BCUT2D eigenvalue weighted by Gasteiger charge is -2.13. The fourth-order valence-corrected chi connectivity index (χ4v) is 2.46. The molecule has 0 amide bonds. The van der Waals surface area contributed by atoms with Gasteiger partial charge < -0.3 is 15.4 Å². The Balaban J connectivity index is 1.82. The van der Waals surface area contributed by atoms with Gasteiger partial charge in [-0.2, -0.15) is 13.2 Å². The molecule has 1 heterocycles. The number of nitrogens with one attached hydrogen (secondary N) is 2. The van der Waals surface area contributed by atoms with Crippen molar-refractivity contribution in [1.29, 1.82) is 0 Å². The van der Waals surface area contributed by atoms with E-state index in [1.165, 1.54) is 24.4 Å². The molecule has 0 aliphatic carbocycles. The number of aliphatic imine (C=N–C) groups is 1. The summed E-state index contributed by atoms with van der Waals surface area (Å²) in [4.78, 5) is 7.87. The molecule has 0 radical (unpaired) electrons. The standard InChI is InChI=1S/C19H22F4N4O/c1-13-9-16(20)4-3-15(13)6-8-26-18(24-2)27-11-14-5-7-25-17(10-14)28-12-19(21,22)23/h3-5,7,9-10H,6,8,11-12H2,1-2H3,(H2,24,26,27). The van der Waals surface area contributed by atoms with E-state index in [4.69, 9.17) is 0 Å². The van der Waals surface area contributed by atoms with Crippen LogP contribution in [0.5, 0.6) is 5.88 Å². The van der Waals surface area contributed by atoms with Gasteiger partial charge in [-0.25, -0.2) is 9.37 Å². The summed E-state index contributed by atoms with van der Waals surface area (Å²) in [6.07, 6.45) is -2.33.